The molecule has 2 atom stereocenters. The molecule has 1 saturated heterocycles. The molecular weight excluding hydrogens is 428 g/mol. The fourth-order valence-corrected chi connectivity index (χ4v) is 6.23. The molecule has 0 aromatic carbocycles. The second kappa shape index (κ2) is 12.1. The van der Waals surface area contributed by atoms with E-state index in [4.69, 9.17) is 10.5 Å². The van der Waals surface area contributed by atoms with Crippen LogP contribution in [0.3, 0.4) is 0 Å². The lowest BCUT2D eigenvalue weighted by Crippen LogP contribution is -2.60. The molecule has 2 fully saturated rings. The monoisotopic (exact) mass is 470 g/mol. The van der Waals surface area contributed by atoms with Gasteiger partial charge in [-0.2, -0.15) is 11.8 Å². The summed E-state index contributed by atoms with van der Waals surface area (Å²) in [5.74, 6) is 0.122. The molecule has 2 rings (SSSR count). The van der Waals surface area contributed by atoms with Crippen molar-refractivity contribution >= 4 is 29.7 Å². The predicted molar refractivity (Wildman–Crippen MR) is 128 cm³/mol. The number of hydrogen-bond acceptors (Lipinski definition) is 6. The number of ether oxygens (including phenoxy) is 1. The SMILES string of the molecule is CCOC(=O)N[C@@H](C(=O)N1CCC[C@H]1C(=O)NC[C@H]1CC[C@H](N)CC1)C(C)(C)SC(C)C. The van der Waals surface area contributed by atoms with Crippen LogP contribution < -0.4 is 16.4 Å². The Morgan fingerprint density at radius 3 is 2.41 bits per heavy atom. The van der Waals surface area contributed by atoms with E-state index in [2.05, 4.69) is 24.5 Å². The number of hydrogen-bond donors (Lipinski definition) is 3. The lowest BCUT2D eigenvalue weighted by molar-refractivity contribution is -0.140. The first-order valence-corrected chi connectivity index (χ1v) is 12.9. The molecule has 1 heterocycles. The fourth-order valence-electron chi connectivity index (χ4n) is 4.72. The van der Waals surface area contributed by atoms with Gasteiger partial charge in [0.2, 0.25) is 11.8 Å². The molecule has 184 valence electrons. The van der Waals surface area contributed by atoms with Crippen molar-refractivity contribution in [1.29, 1.82) is 0 Å². The summed E-state index contributed by atoms with van der Waals surface area (Å²) in [5.41, 5.74) is 5.98. The summed E-state index contributed by atoms with van der Waals surface area (Å²) >= 11 is 1.62. The molecule has 0 bridgehead atoms. The van der Waals surface area contributed by atoms with Gasteiger partial charge in [-0.15, -0.1) is 0 Å². The number of likely N-dealkylation sites (tertiary alicyclic amines) is 1. The third kappa shape index (κ3) is 7.54. The highest BCUT2D eigenvalue weighted by molar-refractivity contribution is 8.01. The third-order valence-electron chi connectivity index (χ3n) is 6.31. The number of amides is 3. The number of carbonyl (C=O) groups is 3. The third-order valence-corrected chi connectivity index (χ3v) is 7.63. The summed E-state index contributed by atoms with van der Waals surface area (Å²) in [6.07, 6.45) is 4.85. The minimum atomic E-state index is -0.790. The molecular formula is C23H42N4O4S. The maximum Gasteiger partial charge on any atom is 0.407 e. The number of nitrogens with zero attached hydrogens (tertiary/aromatic N) is 1. The zero-order valence-electron chi connectivity index (χ0n) is 20.3. The van der Waals surface area contributed by atoms with E-state index in [-0.39, 0.29) is 29.7 Å². The highest BCUT2D eigenvalue weighted by Crippen LogP contribution is 2.34. The standard InChI is InChI=1S/C23H42N4O4S/c1-6-31-22(30)26-19(23(4,5)32-15(2)3)21(29)27-13-7-8-18(27)20(28)25-14-16-9-11-17(24)12-10-16/h15-19H,6-14,24H2,1-5H3,(H,25,28)(H,26,30)/t16-,17-,18-,19-/m0/s1. The Morgan fingerprint density at radius 1 is 1.16 bits per heavy atom. The van der Waals surface area contributed by atoms with Gasteiger partial charge >= 0.3 is 6.09 Å². The van der Waals surface area contributed by atoms with E-state index in [9.17, 15) is 14.4 Å². The minimum Gasteiger partial charge on any atom is -0.450 e. The van der Waals surface area contributed by atoms with Crippen LogP contribution in [0, 0.1) is 5.92 Å². The largest absolute Gasteiger partial charge is 0.450 e. The lowest BCUT2D eigenvalue weighted by atomic mass is 9.86. The van der Waals surface area contributed by atoms with Gasteiger partial charge < -0.3 is 26.0 Å². The number of thioether (sulfide) groups is 1. The van der Waals surface area contributed by atoms with Crippen LogP contribution in [0.4, 0.5) is 4.79 Å². The van der Waals surface area contributed by atoms with E-state index in [1.54, 1.807) is 23.6 Å². The van der Waals surface area contributed by atoms with Crippen LogP contribution in [0.2, 0.25) is 0 Å². The second-order valence-corrected chi connectivity index (χ2v) is 12.0. The van der Waals surface area contributed by atoms with Gasteiger partial charge in [-0.1, -0.05) is 13.8 Å². The smallest absolute Gasteiger partial charge is 0.407 e. The first kappa shape index (κ1) is 26.8. The first-order chi connectivity index (χ1) is 15.0. The number of rotatable bonds is 9. The topological polar surface area (TPSA) is 114 Å². The van der Waals surface area contributed by atoms with Crippen LogP contribution in [0.15, 0.2) is 0 Å². The van der Waals surface area contributed by atoms with E-state index in [1.807, 2.05) is 13.8 Å². The van der Waals surface area contributed by atoms with E-state index < -0.39 is 22.9 Å². The minimum absolute atomic E-state index is 0.102. The molecule has 1 saturated carbocycles. The summed E-state index contributed by atoms with van der Waals surface area (Å²) in [6.45, 7) is 11.1. The van der Waals surface area contributed by atoms with Gasteiger partial charge in [0.05, 0.1) is 6.61 Å². The van der Waals surface area contributed by atoms with Gasteiger partial charge in [0.1, 0.15) is 12.1 Å². The Kier molecular flexibility index (Phi) is 10.1. The quantitative estimate of drug-likeness (QED) is 0.477. The van der Waals surface area contributed by atoms with Crippen molar-refractivity contribution in [2.45, 2.75) is 101 Å². The molecule has 1 aliphatic carbocycles. The summed E-state index contributed by atoms with van der Waals surface area (Å²) < 4.78 is 4.49. The van der Waals surface area contributed by atoms with Crippen molar-refractivity contribution < 1.29 is 19.1 Å². The Morgan fingerprint density at radius 2 is 1.81 bits per heavy atom. The van der Waals surface area contributed by atoms with Crippen LogP contribution in [-0.4, -0.2) is 70.6 Å². The van der Waals surface area contributed by atoms with Crippen LogP contribution in [-0.2, 0) is 14.3 Å². The Balaban J connectivity index is 2.07. The molecule has 32 heavy (non-hydrogen) atoms. The van der Waals surface area contributed by atoms with Gasteiger partial charge in [-0.3, -0.25) is 9.59 Å². The summed E-state index contributed by atoms with van der Waals surface area (Å²) in [5, 5.41) is 6.11. The Labute approximate surface area is 197 Å². The van der Waals surface area contributed by atoms with Crippen LogP contribution in [0.5, 0.6) is 0 Å². The maximum absolute atomic E-state index is 13.6. The second-order valence-electron chi connectivity index (χ2n) is 9.78. The van der Waals surface area contributed by atoms with Crippen molar-refractivity contribution in [3.8, 4) is 0 Å². The van der Waals surface area contributed by atoms with Gasteiger partial charge in [-0.05, 0) is 70.5 Å². The van der Waals surface area contributed by atoms with Crippen molar-refractivity contribution in [3.63, 3.8) is 0 Å². The molecule has 8 nitrogen and oxygen atoms in total. The Bertz CT molecular complexity index is 650. The number of nitrogens with one attached hydrogen (secondary N) is 2. The van der Waals surface area contributed by atoms with Crippen LogP contribution >= 0.6 is 11.8 Å². The van der Waals surface area contributed by atoms with Crippen molar-refractivity contribution in [1.82, 2.24) is 15.5 Å². The van der Waals surface area contributed by atoms with Crippen molar-refractivity contribution in [2.24, 2.45) is 11.7 Å². The molecule has 4 N–H and O–H groups in total. The number of carbonyl (C=O) groups excluding carboxylic acids is 3. The molecule has 0 radical (unpaired) electrons. The zero-order chi connectivity index (χ0) is 23.9. The van der Waals surface area contributed by atoms with Crippen molar-refractivity contribution in [2.75, 3.05) is 19.7 Å². The van der Waals surface area contributed by atoms with Crippen molar-refractivity contribution in [3.05, 3.63) is 0 Å². The zero-order valence-corrected chi connectivity index (χ0v) is 21.1. The van der Waals surface area contributed by atoms with E-state index in [0.717, 1.165) is 32.1 Å². The van der Waals surface area contributed by atoms with Gasteiger partial charge in [-0.25, -0.2) is 4.79 Å². The van der Waals surface area contributed by atoms with E-state index >= 15 is 0 Å². The van der Waals surface area contributed by atoms with Crippen LogP contribution in [0.1, 0.15) is 73.1 Å². The number of nitrogens with two attached hydrogens (primary N) is 1. The average molecular weight is 471 g/mol. The predicted octanol–water partition coefficient (Wildman–Crippen LogP) is 2.65. The molecule has 0 aromatic heterocycles. The normalized spacial score (nSPS) is 24.8. The first-order valence-electron chi connectivity index (χ1n) is 12.0. The highest BCUT2D eigenvalue weighted by Gasteiger charge is 2.44. The molecule has 0 spiro atoms. The highest BCUT2D eigenvalue weighted by atomic mass is 32.2. The molecule has 0 unspecified atom stereocenters. The van der Waals surface area contributed by atoms with E-state index in [1.165, 1.54) is 0 Å². The molecule has 3 amide bonds. The Hall–Kier alpha value is -1.48. The molecule has 9 heteroatoms. The average Bonchev–Trinajstić information content (AvgIpc) is 3.20. The lowest BCUT2D eigenvalue weighted by Gasteiger charge is -2.38. The fraction of sp³-hybridized carbons (Fsp3) is 0.870. The maximum atomic E-state index is 13.6. The summed E-state index contributed by atoms with van der Waals surface area (Å²) in [4.78, 5) is 40.5. The molecule has 0 aromatic rings. The van der Waals surface area contributed by atoms with Crippen LogP contribution in [0.25, 0.3) is 0 Å². The summed E-state index contributed by atoms with van der Waals surface area (Å²) in [6, 6.07) is -1.01. The molecule has 1 aliphatic heterocycles. The van der Waals surface area contributed by atoms with Gasteiger partial charge in [0, 0.05) is 23.9 Å². The molecule has 2 aliphatic rings. The summed E-state index contributed by atoms with van der Waals surface area (Å²) in [7, 11) is 0. The number of alkyl carbamates (subject to hydrolysis) is 1. The van der Waals surface area contributed by atoms with Gasteiger partial charge in [0.15, 0.2) is 0 Å². The van der Waals surface area contributed by atoms with E-state index in [0.29, 0.717) is 25.4 Å². The van der Waals surface area contributed by atoms with Gasteiger partial charge in [0.25, 0.3) is 0 Å².